The van der Waals surface area contributed by atoms with Crippen LogP contribution in [0.25, 0.3) is 0 Å². The maximum Gasteiger partial charge on any atom is 0.146 e. The first-order chi connectivity index (χ1) is 11.2. The van der Waals surface area contributed by atoms with Crippen molar-refractivity contribution in [1.29, 1.82) is 5.26 Å². The molecule has 0 amide bonds. The third-order valence-electron chi connectivity index (χ3n) is 3.35. The van der Waals surface area contributed by atoms with Crippen LogP contribution in [0, 0.1) is 18.3 Å². The van der Waals surface area contributed by atoms with Crippen molar-refractivity contribution in [3.63, 3.8) is 0 Å². The molecular formula is C18H15Cl2N3O. The van der Waals surface area contributed by atoms with Crippen molar-refractivity contribution in [3.8, 4) is 17.6 Å². The molecule has 1 aromatic heterocycles. The Labute approximate surface area is 151 Å². The Morgan fingerprint density at radius 3 is 2.67 bits per heavy atom. The van der Waals surface area contributed by atoms with Crippen LogP contribution in [0.15, 0.2) is 48.7 Å². The molecule has 0 radical (unpaired) electrons. The van der Waals surface area contributed by atoms with E-state index in [2.05, 4.69) is 16.0 Å². The summed E-state index contributed by atoms with van der Waals surface area (Å²) in [5, 5.41) is 9.77. The van der Waals surface area contributed by atoms with Gasteiger partial charge >= 0.3 is 0 Å². The highest BCUT2D eigenvalue weighted by Crippen LogP contribution is 2.31. The number of hydrogen-bond donors (Lipinski definition) is 1. The van der Waals surface area contributed by atoms with E-state index in [0.29, 0.717) is 28.5 Å². The van der Waals surface area contributed by atoms with Crippen LogP contribution in [-0.4, -0.2) is 9.97 Å². The number of hydrogen-bond acceptors (Lipinski definition) is 3. The van der Waals surface area contributed by atoms with Crippen LogP contribution in [-0.2, 0) is 6.42 Å². The Kier molecular flexibility index (Phi) is 5.86. The average Bonchev–Trinajstić information content (AvgIpc) is 2.95. The van der Waals surface area contributed by atoms with Gasteiger partial charge in [0.25, 0.3) is 0 Å². The minimum Gasteiger partial charge on any atom is -0.454 e. The highest BCUT2D eigenvalue weighted by atomic mass is 35.5. The number of nitriles is 1. The van der Waals surface area contributed by atoms with E-state index in [-0.39, 0.29) is 12.4 Å². The standard InChI is InChI=1S/C18H14ClN3O.ClH/c1-12-11-21-18(22-12)9-13-6-7-14(10-20)17(8-13)23-16-5-3-2-4-15(16)19;/h2-8,11H,9H2,1H3,(H,21,22);1H. The summed E-state index contributed by atoms with van der Waals surface area (Å²) in [6, 6.07) is 14.8. The quantitative estimate of drug-likeness (QED) is 0.708. The average molecular weight is 360 g/mol. The fraction of sp³-hybridized carbons (Fsp3) is 0.111. The van der Waals surface area contributed by atoms with Gasteiger partial charge in [0.15, 0.2) is 0 Å². The molecule has 1 N–H and O–H groups in total. The molecule has 0 saturated carbocycles. The van der Waals surface area contributed by atoms with Gasteiger partial charge in [-0.15, -0.1) is 12.4 Å². The third kappa shape index (κ3) is 4.08. The molecule has 6 heteroatoms. The van der Waals surface area contributed by atoms with Gasteiger partial charge in [-0.3, -0.25) is 0 Å². The minimum absolute atomic E-state index is 0. The van der Waals surface area contributed by atoms with Gasteiger partial charge < -0.3 is 9.72 Å². The molecule has 2 aromatic carbocycles. The summed E-state index contributed by atoms with van der Waals surface area (Å²) >= 11 is 6.12. The molecular weight excluding hydrogens is 345 g/mol. The molecule has 1 heterocycles. The zero-order chi connectivity index (χ0) is 16.2. The van der Waals surface area contributed by atoms with E-state index in [9.17, 15) is 5.26 Å². The van der Waals surface area contributed by atoms with Gasteiger partial charge in [0.1, 0.15) is 23.4 Å². The van der Waals surface area contributed by atoms with E-state index in [1.54, 1.807) is 18.2 Å². The molecule has 0 aliphatic rings. The fourth-order valence-corrected chi connectivity index (χ4v) is 2.42. The number of para-hydroxylation sites is 1. The first-order valence-electron chi connectivity index (χ1n) is 7.12. The van der Waals surface area contributed by atoms with Crippen molar-refractivity contribution >= 4 is 24.0 Å². The molecule has 3 rings (SSSR count). The SMILES string of the molecule is Cc1c[nH]c(Cc2ccc(C#N)c(Oc3ccccc3Cl)c2)n1.Cl. The molecule has 0 unspecified atom stereocenters. The Bertz CT molecular complexity index is 884. The Balaban J connectivity index is 0.00000208. The monoisotopic (exact) mass is 359 g/mol. The molecule has 122 valence electrons. The van der Waals surface area contributed by atoms with Crippen molar-refractivity contribution in [1.82, 2.24) is 9.97 Å². The normalized spacial score (nSPS) is 9.88. The van der Waals surface area contributed by atoms with Gasteiger partial charge in [-0.1, -0.05) is 29.8 Å². The summed E-state index contributed by atoms with van der Waals surface area (Å²) < 4.78 is 5.83. The van der Waals surface area contributed by atoms with Crippen molar-refractivity contribution in [2.45, 2.75) is 13.3 Å². The summed E-state index contributed by atoms with van der Waals surface area (Å²) in [7, 11) is 0. The maximum atomic E-state index is 9.27. The van der Waals surface area contributed by atoms with Gasteiger partial charge in [-0.05, 0) is 36.8 Å². The fourth-order valence-electron chi connectivity index (χ4n) is 2.25. The topological polar surface area (TPSA) is 61.7 Å². The summed E-state index contributed by atoms with van der Waals surface area (Å²) in [6.45, 7) is 1.94. The van der Waals surface area contributed by atoms with Gasteiger partial charge in [-0.25, -0.2) is 4.98 Å². The lowest BCUT2D eigenvalue weighted by atomic mass is 10.1. The number of nitrogens with zero attached hydrogens (tertiary/aromatic N) is 2. The van der Waals surface area contributed by atoms with Crippen LogP contribution >= 0.6 is 24.0 Å². The zero-order valence-corrected chi connectivity index (χ0v) is 14.5. The number of aryl methyl sites for hydroxylation is 1. The van der Waals surface area contributed by atoms with Crippen molar-refractivity contribution in [3.05, 3.63) is 76.3 Å². The van der Waals surface area contributed by atoms with Crippen LogP contribution in [0.5, 0.6) is 11.5 Å². The number of imidazole rings is 1. The van der Waals surface area contributed by atoms with E-state index in [0.717, 1.165) is 17.1 Å². The van der Waals surface area contributed by atoms with Crippen molar-refractivity contribution < 1.29 is 4.74 Å². The predicted octanol–water partition coefficient (Wildman–Crippen LogP) is 5.05. The Morgan fingerprint density at radius 2 is 2.00 bits per heavy atom. The summed E-state index contributed by atoms with van der Waals surface area (Å²) in [4.78, 5) is 7.52. The Hall–Kier alpha value is -2.48. The molecule has 0 saturated heterocycles. The molecule has 3 aromatic rings. The van der Waals surface area contributed by atoms with Crippen LogP contribution < -0.4 is 4.74 Å². The molecule has 0 aliphatic carbocycles. The van der Waals surface area contributed by atoms with Crippen molar-refractivity contribution in [2.75, 3.05) is 0 Å². The molecule has 0 spiro atoms. The number of halogens is 2. The van der Waals surface area contributed by atoms with E-state index < -0.39 is 0 Å². The highest BCUT2D eigenvalue weighted by molar-refractivity contribution is 6.32. The molecule has 24 heavy (non-hydrogen) atoms. The van der Waals surface area contributed by atoms with Gasteiger partial charge in [0.05, 0.1) is 16.3 Å². The minimum atomic E-state index is 0. The third-order valence-corrected chi connectivity index (χ3v) is 3.67. The van der Waals surface area contributed by atoms with Crippen LogP contribution in [0.3, 0.4) is 0 Å². The number of benzene rings is 2. The van der Waals surface area contributed by atoms with Crippen molar-refractivity contribution in [2.24, 2.45) is 0 Å². The second kappa shape index (κ2) is 7.87. The van der Waals surface area contributed by atoms with Crippen LogP contribution in [0.1, 0.15) is 22.6 Å². The predicted molar refractivity (Wildman–Crippen MR) is 96.1 cm³/mol. The number of aromatic nitrogens is 2. The summed E-state index contributed by atoms with van der Waals surface area (Å²) in [6.07, 6.45) is 2.50. The lowest BCUT2D eigenvalue weighted by Crippen LogP contribution is -1.95. The van der Waals surface area contributed by atoms with E-state index in [1.807, 2.05) is 37.4 Å². The largest absolute Gasteiger partial charge is 0.454 e. The Morgan fingerprint density at radius 1 is 1.21 bits per heavy atom. The van der Waals surface area contributed by atoms with Gasteiger partial charge in [0, 0.05) is 12.6 Å². The number of ether oxygens (including phenoxy) is 1. The van der Waals surface area contributed by atoms with E-state index in [4.69, 9.17) is 16.3 Å². The lowest BCUT2D eigenvalue weighted by Gasteiger charge is -2.10. The number of nitrogens with one attached hydrogen (secondary N) is 1. The number of rotatable bonds is 4. The molecule has 4 nitrogen and oxygen atoms in total. The molecule has 0 fully saturated rings. The second-order valence-electron chi connectivity index (χ2n) is 5.14. The van der Waals surface area contributed by atoms with Crippen LogP contribution in [0.4, 0.5) is 0 Å². The summed E-state index contributed by atoms with van der Waals surface area (Å²) in [5.74, 6) is 1.88. The zero-order valence-electron chi connectivity index (χ0n) is 12.9. The van der Waals surface area contributed by atoms with Crippen LogP contribution in [0.2, 0.25) is 5.02 Å². The van der Waals surface area contributed by atoms with E-state index in [1.165, 1.54) is 0 Å². The lowest BCUT2D eigenvalue weighted by molar-refractivity contribution is 0.480. The number of H-pyrrole nitrogens is 1. The molecule has 0 bridgehead atoms. The first-order valence-corrected chi connectivity index (χ1v) is 7.50. The maximum absolute atomic E-state index is 9.27. The molecule has 0 aliphatic heterocycles. The highest BCUT2D eigenvalue weighted by Gasteiger charge is 2.10. The van der Waals surface area contributed by atoms with Gasteiger partial charge in [-0.2, -0.15) is 5.26 Å². The first kappa shape index (κ1) is 17.9. The second-order valence-corrected chi connectivity index (χ2v) is 5.55. The molecule has 0 atom stereocenters. The smallest absolute Gasteiger partial charge is 0.146 e. The number of aromatic amines is 1. The summed E-state index contributed by atoms with van der Waals surface area (Å²) in [5.41, 5.74) is 2.41. The van der Waals surface area contributed by atoms with Gasteiger partial charge in [0.2, 0.25) is 0 Å². The van der Waals surface area contributed by atoms with E-state index >= 15 is 0 Å².